The quantitative estimate of drug-likeness (QED) is 0.752. The van der Waals surface area contributed by atoms with Crippen molar-refractivity contribution in [3.05, 3.63) is 48.3 Å². The first-order chi connectivity index (χ1) is 12.7. The second kappa shape index (κ2) is 6.82. The van der Waals surface area contributed by atoms with Crippen molar-refractivity contribution in [3.8, 4) is 0 Å². The maximum absolute atomic E-state index is 12.8. The fourth-order valence-corrected chi connectivity index (χ4v) is 2.68. The summed E-state index contributed by atoms with van der Waals surface area (Å²) in [7, 11) is 1.57. The Morgan fingerprint density at radius 2 is 1.89 bits per heavy atom. The average Bonchev–Trinajstić information content (AvgIpc) is 3.09. The van der Waals surface area contributed by atoms with E-state index in [1.807, 2.05) is 0 Å². The number of likely N-dealkylation sites (N-methyl/N-ethyl adjacent to an activating group) is 1. The van der Waals surface area contributed by atoms with Gasteiger partial charge in [-0.1, -0.05) is 6.58 Å². The van der Waals surface area contributed by atoms with Crippen LogP contribution in [0.1, 0.15) is 22.2 Å². The lowest BCUT2D eigenvalue weighted by atomic mass is 10.1. The van der Waals surface area contributed by atoms with Gasteiger partial charge in [0.1, 0.15) is 0 Å². The van der Waals surface area contributed by atoms with Gasteiger partial charge in [0, 0.05) is 31.4 Å². The lowest BCUT2D eigenvalue weighted by Crippen LogP contribution is -2.51. The van der Waals surface area contributed by atoms with Crippen LogP contribution in [0.4, 0.5) is 18.9 Å². The van der Waals surface area contributed by atoms with Crippen LogP contribution in [0.15, 0.2) is 36.9 Å². The Kier molecular flexibility index (Phi) is 4.68. The summed E-state index contributed by atoms with van der Waals surface area (Å²) < 4.78 is 39.2. The normalized spacial score (nSPS) is 14.6. The van der Waals surface area contributed by atoms with Gasteiger partial charge in [-0.25, -0.2) is 4.68 Å². The topological polar surface area (TPSA) is 84.2 Å². The molecule has 1 aliphatic heterocycles. The third-order valence-electron chi connectivity index (χ3n) is 4.25. The number of anilines is 1. The Balaban J connectivity index is 1.65. The molecule has 8 nitrogen and oxygen atoms in total. The molecule has 0 N–H and O–H groups in total. The van der Waals surface area contributed by atoms with Gasteiger partial charge in [-0.3, -0.25) is 9.59 Å². The van der Waals surface area contributed by atoms with Crippen molar-refractivity contribution in [3.63, 3.8) is 0 Å². The molecule has 2 heterocycles. The summed E-state index contributed by atoms with van der Waals surface area (Å²) in [6, 6.07) is 5.69. The molecule has 2 aromatic rings. The molecule has 27 heavy (non-hydrogen) atoms. The lowest BCUT2D eigenvalue weighted by Gasteiger charge is -2.39. The summed E-state index contributed by atoms with van der Waals surface area (Å²) in [4.78, 5) is 26.8. The molecule has 1 aliphatic rings. The van der Waals surface area contributed by atoms with Gasteiger partial charge < -0.3 is 9.80 Å². The van der Waals surface area contributed by atoms with E-state index in [2.05, 4.69) is 22.1 Å². The number of likely N-dealkylation sites (tertiary alicyclic amines) is 1. The van der Waals surface area contributed by atoms with Crippen molar-refractivity contribution in [2.24, 2.45) is 0 Å². The van der Waals surface area contributed by atoms with Crippen LogP contribution < -0.4 is 4.90 Å². The molecule has 0 bridgehead atoms. The number of rotatable bonds is 4. The minimum atomic E-state index is -4.65. The molecule has 0 spiro atoms. The smallest absolute Gasteiger partial charge is 0.334 e. The largest absolute Gasteiger partial charge is 0.453 e. The zero-order valence-electron chi connectivity index (χ0n) is 14.2. The number of amides is 2. The minimum Gasteiger partial charge on any atom is -0.334 e. The number of halogens is 3. The fraction of sp³-hybridized carbons (Fsp3) is 0.312. The zero-order chi connectivity index (χ0) is 19.8. The lowest BCUT2D eigenvalue weighted by molar-refractivity contribution is -0.149. The number of carbonyl (C=O) groups is 2. The third kappa shape index (κ3) is 3.52. The van der Waals surface area contributed by atoms with Crippen LogP contribution in [0.25, 0.3) is 0 Å². The van der Waals surface area contributed by atoms with E-state index in [0.29, 0.717) is 15.9 Å². The number of tetrazole rings is 1. The van der Waals surface area contributed by atoms with Crippen molar-refractivity contribution < 1.29 is 22.8 Å². The molecule has 142 valence electrons. The van der Waals surface area contributed by atoms with Gasteiger partial charge in [0.05, 0.1) is 6.04 Å². The van der Waals surface area contributed by atoms with E-state index >= 15 is 0 Å². The third-order valence-corrected chi connectivity index (χ3v) is 4.25. The van der Waals surface area contributed by atoms with E-state index in [9.17, 15) is 22.8 Å². The highest BCUT2D eigenvalue weighted by Gasteiger charge is 2.43. The molecule has 1 aromatic carbocycles. The average molecular weight is 380 g/mol. The number of aromatic nitrogens is 4. The summed E-state index contributed by atoms with van der Waals surface area (Å²) in [6.45, 7) is 3.55. The Morgan fingerprint density at radius 3 is 2.44 bits per heavy atom. The van der Waals surface area contributed by atoms with Crippen molar-refractivity contribution >= 4 is 17.5 Å². The van der Waals surface area contributed by atoms with Crippen LogP contribution in [0.3, 0.4) is 0 Å². The summed E-state index contributed by atoms with van der Waals surface area (Å²) in [5.74, 6) is -1.79. The molecule has 0 aliphatic carbocycles. The number of hydrogen-bond acceptors (Lipinski definition) is 5. The van der Waals surface area contributed by atoms with E-state index < -0.39 is 18.0 Å². The predicted octanol–water partition coefficient (Wildman–Crippen LogP) is 1.54. The molecular formula is C16H15F3N6O2. The molecule has 2 amide bonds. The van der Waals surface area contributed by atoms with E-state index in [0.717, 1.165) is 0 Å². The van der Waals surface area contributed by atoms with E-state index in [1.54, 1.807) is 31.3 Å². The van der Waals surface area contributed by atoms with Gasteiger partial charge in [0.2, 0.25) is 5.91 Å². The van der Waals surface area contributed by atoms with E-state index in [-0.39, 0.29) is 24.9 Å². The highest BCUT2D eigenvalue weighted by atomic mass is 19.4. The van der Waals surface area contributed by atoms with Gasteiger partial charge in [-0.15, -0.1) is 5.10 Å². The van der Waals surface area contributed by atoms with Crippen LogP contribution in [-0.2, 0) is 11.0 Å². The number of nitrogens with zero attached hydrogens (tertiary/aromatic N) is 6. The van der Waals surface area contributed by atoms with Gasteiger partial charge in [-0.2, -0.15) is 13.2 Å². The molecule has 1 fully saturated rings. The summed E-state index contributed by atoms with van der Waals surface area (Å²) >= 11 is 0. The SMILES string of the molecule is C=CC(=O)N(C)c1ccc(C(=O)N2CC(n3nnnc3C(F)(F)F)C2)cc1. The van der Waals surface area contributed by atoms with E-state index in [4.69, 9.17) is 0 Å². The van der Waals surface area contributed by atoms with Gasteiger partial charge in [0.15, 0.2) is 0 Å². The zero-order valence-corrected chi connectivity index (χ0v) is 14.2. The molecule has 0 atom stereocenters. The Morgan fingerprint density at radius 1 is 1.26 bits per heavy atom. The van der Waals surface area contributed by atoms with Crippen molar-refractivity contribution in [1.29, 1.82) is 0 Å². The summed E-state index contributed by atoms with van der Waals surface area (Å²) in [5.41, 5.74) is 0.950. The van der Waals surface area contributed by atoms with Crippen LogP contribution >= 0.6 is 0 Å². The molecule has 3 rings (SSSR count). The summed E-state index contributed by atoms with van der Waals surface area (Å²) in [6.07, 6.45) is -3.48. The molecule has 1 saturated heterocycles. The predicted molar refractivity (Wildman–Crippen MR) is 87.8 cm³/mol. The molecule has 1 aromatic heterocycles. The standard InChI is InChI=1S/C16H15F3N6O2/c1-3-13(26)23(2)11-6-4-10(5-7-11)14(27)24-8-12(9-24)25-15(16(17,18)19)20-21-22-25/h3-7,12H,1,8-9H2,2H3. The Bertz CT molecular complexity index is 871. The molecule has 11 heteroatoms. The molecular weight excluding hydrogens is 365 g/mol. The first-order valence-electron chi connectivity index (χ1n) is 7.87. The van der Waals surface area contributed by atoms with Gasteiger partial charge >= 0.3 is 6.18 Å². The van der Waals surface area contributed by atoms with Crippen LogP contribution in [0.5, 0.6) is 0 Å². The Labute approximate surface area is 151 Å². The molecule has 0 radical (unpaired) electrons. The summed E-state index contributed by atoms with van der Waals surface area (Å²) in [5, 5.41) is 9.45. The number of benzene rings is 1. The van der Waals surface area contributed by atoms with E-state index in [1.165, 1.54) is 15.9 Å². The monoisotopic (exact) mass is 380 g/mol. The maximum atomic E-state index is 12.8. The number of carbonyl (C=O) groups excluding carboxylic acids is 2. The highest BCUT2D eigenvalue weighted by Crippen LogP contribution is 2.31. The number of alkyl halides is 3. The maximum Gasteiger partial charge on any atom is 0.453 e. The Hall–Kier alpha value is -3.24. The highest BCUT2D eigenvalue weighted by molar-refractivity contribution is 6.01. The van der Waals surface area contributed by atoms with Gasteiger partial charge in [0.25, 0.3) is 11.7 Å². The van der Waals surface area contributed by atoms with Crippen molar-refractivity contribution in [2.45, 2.75) is 12.2 Å². The molecule has 0 saturated carbocycles. The van der Waals surface area contributed by atoms with Crippen LogP contribution in [0, 0.1) is 0 Å². The second-order valence-electron chi connectivity index (χ2n) is 5.96. The van der Waals surface area contributed by atoms with Crippen molar-refractivity contribution in [1.82, 2.24) is 25.1 Å². The molecule has 0 unspecified atom stereocenters. The first kappa shape index (κ1) is 18.5. The van der Waals surface area contributed by atoms with Crippen molar-refractivity contribution in [2.75, 3.05) is 25.0 Å². The fourth-order valence-electron chi connectivity index (χ4n) is 2.68. The van der Waals surface area contributed by atoms with Crippen LogP contribution in [0.2, 0.25) is 0 Å². The second-order valence-corrected chi connectivity index (χ2v) is 5.96. The first-order valence-corrected chi connectivity index (χ1v) is 7.87. The number of hydrogen-bond donors (Lipinski definition) is 0. The van der Waals surface area contributed by atoms with Gasteiger partial charge in [-0.05, 0) is 40.8 Å². The van der Waals surface area contributed by atoms with Crippen LogP contribution in [-0.4, -0.2) is 57.1 Å². The minimum absolute atomic E-state index is 0.0730.